The highest BCUT2D eigenvalue weighted by atomic mass is 35.5. The fraction of sp³-hybridized carbons (Fsp3) is 0.0833. The molecule has 0 aliphatic carbocycles. The largest absolute Gasteiger partial charge is 0.325 e. The van der Waals surface area contributed by atoms with Crippen LogP contribution in [0.3, 0.4) is 0 Å². The minimum atomic E-state index is -0.397. The first-order valence-corrected chi connectivity index (χ1v) is 5.52. The molecule has 0 saturated heterocycles. The van der Waals surface area contributed by atoms with E-state index in [0.29, 0.717) is 5.69 Å². The average Bonchev–Trinajstić information content (AvgIpc) is 2.64. The molecule has 0 fully saturated rings. The van der Waals surface area contributed by atoms with Crippen molar-refractivity contribution in [2.24, 2.45) is 0 Å². The van der Waals surface area contributed by atoms with Gasteiger partial charge in [-0.05, 0) is 29.3 Å². The van der Waals surface area contributed by atoms with Gasteiger partial charge in [0, 0.05) is 11.9 Å². The number of hydrogen-bond donors (Lipinski definition) is 1. The van der Waals surface area contributed by atoms with Gasteiger partial charge in [0.25, 0.3) is 0 Å². The van der Waals surface area contributed by atoms with Crippen molar-refractivity contribution < 1.29 is 4.79 Å². The summed E-state index contributed by atoms with van der Waals surface area (Å²) in [6.45, 7) is 0. The lowest BCUT2D eigenvalue weighted by atomic mass is 9.97. The van der Waals surface area contributed by atoms with E-state index >= 15 is 0 Å². The molecule has 1 atom stereocenters. The summed E-state index contributed by atoms with van der Waals surface area (Å²) in [6, 6.07) is 9.27. The zero-order chi connectivity index (χ0) is 11.8. The molecule has 1 aliphatic rings. The Morgan fingerprint density at radius 3 is 2.88 bits per heavy atom. The highest BCUT2D eigenvalue weighted by Gasteiger charge is 2.32. The quantitative estimate of drug-likeness (QED) is 0.784. The number of anilines is 1. The average molecular weight is 246 g/mol. The van der Waals surface area contributed by atoms with Crippen molar-refractivity contribution in [1.82, 2.24) is 9.97 Å². The summed E-state index contributed by atoms with van der Waals surface area (Å²) in [5.74, 6) is -0.479. The maximum absolute atomic E-state index is 11.9. The number of amides is 1. The normalized spacial score (nSPS) is 17.7. The topological polar surface area (TPSA) is 54.9 Å². The van der Waals surface area contributed by atoms with Crippen molar-refractivity contribution in [1.29, 1.82) is 0 Å². The van der Waals surface area contributed by atoms with Gasteiger partial charge < -0.3 is 5.32 Å². The first-order chi connectivity index (χ1) is 8.25. The molecular weight excluding hydrogens is 238 g/mol. The SMILES string of the molecule is O=C1Nc2ccccc2C1c1ccnc(Cl)n1. The Bertz CT molecular complexity index is 600. The van der Waals surface area contributed by atoms with Crippen molar-refractivity contribution in [3.05, 3.63) is 53.1 Å². The smallest absolute Gasteiger partial charge is 0.238 e. The van der Waals surface area contributed by atoms with Gasteiger partial charge in [0.1, 0.15) is 5.92 Å². The number of para-hydroxylation sites is 1. The third kappa shape index (κ3) is 1.66. The molecule has 1 aromatic carbocycles. The van der Waals surface area contributed by atoms with Gasteiger partial charge in [-0.15, -0.1) is 0 Å². The molecule has 1 N–H and O–H groups in total. The summed E-state index contributed by atoms with van der Waals surface area (Å²) in [7, 11) is 0. The maximum Gasteiger partial charge on any atom is 0.238 e. The number of carbonyl (C=O) groups excluding carboxylic acids is 1. The number of nitrogens with zero attached hydrogens (tertiary/aromatic N) is 2. The molecular formula is C12H8ClN3O. The van der Waals surface area contributed by atoms with E-state index in [9.17, 15) is 4.79 Å². The van der Waals surface area contributed by atoms with Gasteiger partial charge in [-0.1, -0.05) is 18.2 Å². The molecule has 84 valence electrons. The van der Waals surface area contributed by atoms with Crippen molar-refractivity contribution in [3.63, 3.8) is 0 Å². The summed E-state index contributed by atoms with van der Waals surface area (Å²) in [6.07, 6.45) is 1.55. The van der Waals surface area contributed by atoms with Gasteiger partial charge in [-0.2, -0.15) is 0 Å². The molecule has 17 heavy (non-hydrogen) atoms. The molecule has 1 aromatic heterocycles. The molecule has 4 nitrogen and oxygen atoms in total. The van der Waals surface area contributed by atoms with Gasteiger partial charge in [0.05, 0.1) is 5.69 Å². The molecule has 3 rings (SSSR count). The molecule has 0 bridgehead atoms. The number of rotatable bonds is 1. The summed E-state index contributed by atoms with van der Waals surface area (Å²) in [5, 5.41) is 2.98. The lowest BCUT2D eigenvalue weighted by Gasteiger charge is -2.07. The summed E-state index contributed by atoms with van der Waals surface area (Å²) in [4.78, 5) is 19.8. The number of halogens is 1. The van der Waals surface area contributed by atoms with Crippen LogP contribution in [0.15, 0.2) is 36.5 Å². The summed E-state index contributed by atoms with van der Waals surface area (Å²) >= 11 is 5.74. The minimum absolute atomic E-state index is 0.0824. The standard InChI is InChI=1S/C12H8ClN3O/c13-12-14-6-5-9(16-12)10-7-3-1-2-4-8(7)15-11(10)17/h1-6,10H,(H,15,17). The predicted octanol–water partition coefficient (Wildman–Crippen LogP) is 2.21. The molecule has 0 saturated carbocycles. The molecule has 5 heteroatoms. The molecule has 0 spiro atoms. The zero-order valence-electron chi connectivity index (χ0n) is 8.72. The number of benzene rings is 1. The Hall–Kier alpha value is -1.94. The summed E-state index contributed by atoms with van der Waals surface area (Å²) < 4.78 is 0. The lowest BCUT2D eigenvalue weighted by molar-refractivity contribution is -0.116. The van der Waals surface area contributed by atoms with Gasteiger partial charge in [0.2, 0.25) is 11.2 Å². The van der Waals surface area contributed by atoms with Gasteiger partial charge >= 0.3 is 0 Å². The Morgan fingerprint density at radius 1 is 1.24 bits per heavy atom. The van der Waals surface area contributed by atoms with E-state index in [1.807, 2.05) is 24.3 Å². The fourth-order valence-electron chi connectivity index (χ4n) is 2.01. The first-order valence-electron chi connectivity index (χ1n) is 5.14. The second-order valence-corrected chi connectivity index (χ2v) is 4.10. The molecule has 2 aromatic rings. The predicted molar refractivity (Wildman–Crippen MR) is 64.0 cm³/mol. The summed E-state index contributed by atoms with van der Waals surface area (Å²) in [5.41, 5.74) is 2.37. The van der Waals surface area contributed by atoms with E-state index in [1.165, 1.54) is 0 Å². The zero-order valence-corrected chi connectivity index (χ0v) is 9.48. The van der Waals surface area contributed by atoms with E-state index in [0.717, 1.165) is 11.3 Å². The Balaban J connectivity index is 2.13. The van der Waals surface area contributed by atoms with Crippen LogP contribution >= 0.6 is 11.6 Å². The van der Waals surface area contributed by atoms with Gasteiger partial charge in [-0.3, -0.25) is 4.79 Å². The monoisotopic (exact) mass is 245 g/mol. The number of fused-ring (bicyclic) bond motifs is 1. The molecule has 1 aliphatic heterocycles. The molecule has 0 radical (unpaired) electrons. The van der Waals surface area contributed by atoms with Crippen LogP contribution in [0.4, 0.5) is 5.69 Å². The molecule has 2 heterocycles. The number of nitrogens with one attached hydrogen (secondary N) is 1. The number of hydrogen-bond acceptors (Lipinski definition) is 3. The van der Waals surface area contributed by atoms with Crippen LogP contribution in [0, 0.1) is 0 Å². The van der Waals surface area contributed by atoms with E-state index in [-0.39, 0.29) is 11.2 Å². The lowest BCUT2D eigenvalue weighted by Crippen LogP contribution is -2.14. The van der Waals surface area contributed by atoms with Crippen molar-refractivity contribution in [2.75, 3.05) is 5.32 Å². The van der Waals surface area contributed by atoms with Crippen LogP contribution in [0.5, 0.6) is 0 Å². The van der Waals surface area contributed by atoms with Crippen LogP contribution in [0.25, 0.3) is 0 Å². The van der Waals surface area contributed by atoms with Gasteiger partial charge in [0.15, 0.2) is 0 Å². The molecule has 1 amide bonds. The van der Waals surface area contributed by atoms with Crippen LogP contribution in [0.2, 0.25) is 5.28 Å². The van der Waals surface area contributed by atoms with E-state index in [1.54, 1.807) is 12.3 Å². The first kappa shape index (κ1) is 10.2. The van der Waals surface area contributed by atoms with Crippen LogP contribution < -0.4 is 5.32 Å². The highest BCUT2D eigenvalue weighted by Crippen LogP contribution is 2.35. The minimum Gasteiger partial charge on any atom is -0.325 e. The second kappa shape index (κ2) is 3.82. The number of aromatic nitrogens is 2. The van der Waals surface area contributed by atoms with Crippen molar-refractivity contribution in [2.45, 2.75) is 5.92 Å². The van der Waals surface area contributed by atoms with Crippen molar-refractivity contribution in [3.8, 4) is 0 Å². The second-order valence-electron chi connectivity index (χ2n) is 3.76. The Kier molecular flexibility index (Phi) is 2.30. The fourth-order valence-corrected chi connectivity index (χ4v) is 2.16. The van der Waals surface area contributed by atoms with E-state index in [2.05, 4.69) is 15.3 Å². The Labute approximate surface area is 103 Å². The number of carbonyl (C=O) groups is 1. The van der Waals surface area contributed by atoms with Gasteiger partial charge in [-0.25, -0.2) is 9.97 Å². The van der Waals surface area contributed by atoms with E-state index in [4.69, 9.17) is 11.6 Å². The Morgan fingerprint density at radius 2 is 2.06 bits per heavy atom. The third-order valence-corrected chi connectivity index (χ3v) is 2.92. The molecule has 1 unspecified atom stereocenters. The van der Waals surface area contributed by atoms with Crippen LogP contribution in [-0.2, 0) is 4.79 Å². The van der Waals surface area contributed by atoms with E-state index < -0.39 is 5.92 Å². The highest BCUT2D eigenvalue weighted by molar-refractivity contribution is 6.28. The van der Waals surface area contributed by atoms with Crippen LogP contribution in [0.1, 0.15) is 17.2 Å². The van der Waals surface area contributed by atoms with Crippen LogP contribution in [-0.4, -0.2) is 15.9 Å². The maximum atomic E-state index is 11.9. The third-order valence-electron chi connectivity index (χ3n) is 2.74. The van der Waals surface area contributed by atoms with Crippen molar-refractivity contribution >= 4 is 23.2 Å².